The van der Waals surface area contributed by atoms with E-state index in [1.54, 1.807) is 7.11 Å². The van der Waals surface area contributed by atoms with Gasteiger partial charge in [-0.2, -0.15) is 0 Å². The van der Waals surface area contributed by atoms with Gasteiger partial charge < -0.3 is 20.7 Å². The van der Waals surface area contributed by atoms with Crippen molar-refractivity contribution in [1.82, 2.24) is 10.3 Å². The Hall–Kier alpha value is -1.82. The minimum absolute atomic E-state index is 0.426. The number of methoxy groups -OCH3 is 1. The van der Waals surface area contributed by atoms with Gasteiger partial charge >= 0.3 is 0 Å². The van der Waals surface area contributed by atoms with Crippen LogP contribution in [0.1, 0.15) is 19.4 Å². The van der Waals surface area contributed by atoms with Crippen molar-refractivity contribution >= 4 is 11.8 Å². The summed E-state index contributed by atoms with van der Waals surface area (Å²) in [4.78, 5) is 10.9. The molecule has 0 unspecified atom stereocenters. The van der Waals surface area contributed by atoms with Gasteiger partial charge in [0.1, 0.15) is 5.82 Å². The Bertz CT molecular complexity index is 401. The average Bonchev–Trinajstić information content (AvgIpc) is 2.48. The van der Waals surface area contributed by atoms with Crippen molar-refractivity contribution in [3.05, 3.63) is 23.9 Å². The van der Waals surface area contributed by atoms with Crippen LogP contribution in [-0.2, 0) is 11.3 Å². The van der Waals surface area contributed by atoms with Crippen molar-refractivity contribution in [2.24, 2.45) is 10.7 Å². The van der Waals surface area contributed by atoms with E-state index in [2.05, 4.69) is 34.0 Å². The van der Waals surface area contributed by atoms with Gasteiger partial charge in [0.25, 0.3) is 0 Å². The van der Waals surface area contributed by atoms with E-state index in [-0.39, 0.29) is 0 Å². The van der Waals surface area contributed by atoms with Crippen LogP contribution in [-0.4, -0.2) is 44.3 Å². The van der Waals surface area contributed by atoms with Crippen LogP contribution in [0.4, 0.5) is 5.82 Å². The molecule has 0 fully saturated rings. The van der Waals surface area contributed by atoms with Crippen molar-refractivity contribution < 1.29 is 4.74 Å². The number of nitrogens with one attached hydrogen (secondary N) is 1. The van der Waals surface area contributed by atoms with Crippen LogP contribution in [0.25, 0.3) is 0 Å². The third-order valence-electron chi connectivity index (χ3n) is 2.94. The predicted octanol–water partition coefficient (Wildman–Crippen LogP) is 0.979. The Kier molecular flexibility index (Phi) is 7.42. The molecule has 3 N–H and O–H groups in total. The van der Waals surface area contributed by atoms with Crippen LogP contribution in [0.3, 0.4) is 0 Å². The molecule has 0 saturated heterocycles. The van der Waals surface area contributed by atoms with E-state index < -0.39 is 0 Å². The predicted molar refractivity (Wildman–Crippen MR) is 83.0 cm³/mol. The van der Waals surface area contributed by atoms with Crippen LogP contribution in [0.5, 0.6) is 0 Å². The topological polar surface area (TPSA) is 75.8 Å². The number of aromatic nitrogens is 1. The number of nitrogens with two attached hydrogens (primary N) is 1. The summed E-state index contributed by atoms with van der Waals surface area (Å²) in [5, 5.41) is 2.98. The van der Waals surface area contributed by atoms with Crippen molar-refractivity contribution in [2.75, 3.05) is 38.3 Å². The average molecular weight is 279 g/mol. The molecule has 20 heavy (non-hydrogen) atoms. The van der Waals surface area contributed by atoms with E-state index in [1.165, 1.54) is 0 Å². The normalized spacial score (nSPS) is 11.4. The number of pyridine rings is 1. The monoisotopic (exact) mass is 279 g/mol. The van der Waals surface area contributed by atoms with E-state index in [9.17, 15) is 0 Å². The summed E-state index contributed by atoms with van der Waals surface area (Å²) >= 11 is 0. The van der Waals surface area contributed by atoms with Crippen LogP contribution in [0.2, 0.25) is 0 Å². The zero-order valence-electron chi connectivity index (χ0n) is 12.6. The maximum absolute atomic E-state index is 5.74. The Morgan fingerprint density at radius 3 is 2.70 bits per heavy atom. The second-order valence-corrected chi connectivity index (χ2v) is 4.32. The number of hydrogen-bond donors (Lipinski definition) is 2. The highest BCUT2D eigenvalue weighted by atomic mass is 16.5. The molecule has 0 radical (unpaired) electrons. The third-order valence-corrected chi connectivity index (χ3v) is 2.94. The van der Waals surface area contributed by atoms with Crippen LogP contribution in [0.15, 0.2) is 23.3 Å². The molecule has 112 valence electrons. The van der Waals surface area contributed by atoms with E-state index in [4.69, 9.17) is 10.5 Å². The van der Waals surface area contributed by atoms with Crippen molar-refractivity contribution in [2.45, 2.75) is 20.4 Å². The summed E-state index contributed by atoms with van der Waals surface area (Å²) in [7, 11) is 1.65. The molecule has 1 rings (SSSR count). The van der Waals surface area contributed by atoms with Gasteiger partial charge in [0.2, 0.25) is 0 Å². The van der Waals surface area contributed by atoms with Gasteiger partial charge in [-0.05, 0) is 25.5 Å². The first kappa shape index (κ1) is 16.2. The van der Waals surface area contributed by atoms with E-state index in [0.717, 1.165) is 24.5 Å². The molecule has 0 atom stereocenters. The number of aliphatic imine (C=N–C) groups is 1. The molecule has 0 aromatic carbocycles. The third kappa shape index (κ3) is 5.44. The number of nitrogens with zero attached hydrogens (tertiary/aromatic N) is 3. The first-order valence-electron chi connectivity index (χ1n) is 6.93. The lowest BCUT2D eigenvalue weighted by molar-refractivity contribution is 0.204. The molecular weight excluding hydrogens is 254 g/mol. The fraction of sp³-hybridized carbons (Fsp3) is 0.571. The van der Waals surface area contributed by atoms with Crippen LogP contribution in [0, 0.1) is 0 Å². The number of hydrogen-bond acceptors (Lipinski definition) is 4. The van der Waals surface area contributed by atoms with Gasteiger partial charge in [0, 0.05) is 32.9 Å². The lowest BCUT2D eigenvalue weighted by atomic mass is 10.3. The number of ether oxygens (including phenoxy) is 1. The molecule has 1 aromatic heterocycles. The van der Waals surface area contributed by atoms with E-state index in [1.807, 2.05) is 18.3 Å². The largest absolute Gasteiger partial charge is 0.383 e. The SMILES string of the molecule is CCN(CC)c1ccc(CN=C(N)NCCOC)cn1. The van der Waals surface area contributed by atoms with Crippen LogP contribution < -0.4 is 16.0 Å². The second-order valence-electron chi connectivity index (χ2n) is 4.32. The first-order chi connectivity index (χ1) is 9.71. The van der Waals surface area contributed by atoms with Gasteiger partial charge in [-0.15, -0.1) is 0 Å². The Morgan fingerprint density at radius 1 is 1.40 bits per heavy atom. The zero-order valence-corrected chi connectivity index (χ0v) is 12.6. The van der Waals surface area contributed by atoms with Crippen molar-refractivity contribution in [3.8, 4) is 0 Å². The van der Waals surface area contributed by atoms with Gasteiger partial charge in [0.05, 0.1) is 13.2 Å². The molecule has 6 heteroatoms. The highest BCUT2D eigenvalue weighted by molar-refractivity contribution is 5.77. The van der Waals surface area contributed by atoms with Gasteiger partial charge in [-0.3, -0.25) is 0 Å². The highest BCUT2D eigenvalue weighted by Gasteiger charge is 2.02. The quantitative estimate of drug-likeness (QED) is 0.421. The maximum atomic E-state index is 5.74. The second kappa shape index (κ2) is 9.14. The van der Waals surface area contributed by atoms with Crippen molar-refractivity contribution in [3.63, 3.8) is 0 Å². The highest BCUT2D eigenvalue weighted by Crippen LogP contribution is 2.11. The molecule has 0 bridgehead atoms. The van der Waals surface area contributed by atoms with E-state index >= 15 is 0 Å². The summed E-state index contributed by atoms with van der Waals surface area (Å²) in [6.45, 7) is 7.94. The summed E-state index contributed by atoms with van der Waals surface area (Å²) in [5.41, 5.74) is 6.78. The molecule has 0 spiro atoms. The van der Waals surface area contributed by atoms with Gasteiger partial charge in [0.15, 0.2) is 5.96 Å². The molecule has 0 saturated carbocycles. The Balaban J connectivity index is 2.50. The standard InChI is InChI=1S/C14H25N5O/c1-4-19(5-2)13-7-6-12(10-17-13)11-18-14(15)16-8-9-20-3/h6-7,10H,4-5,8-9,11H2,1-3H3,(H3,15,16,18). The fourth-order valence-electron chi connectivity index (χ4n) is 1.76. The molecule has 0 aliphatic heterocycles. The summed E-state index contributed by atoms with van der Waals surface area (Å²) in [6, 6.07) is 4.05. The molecule has 6 nitrogen and oxygen atoms in total. The van der Waals surface area contributed by atoms with Gasteiger partial charge in [-0.25, -0.2) is 9.98 Å². The van der Waals surface area contributed by atoms with Crippen molar-refractivity contribution in [1.29, 1.82) is 0 Å². The van der Waals surface area contributed by atoms with E-state index in [0.29, 0.717) is 25.7 Å². The number of anilines is 1. The molecule has 0 amide bonds. The fourth-order valence-corrected chi connectivity index (χ4v) is 1.76. The smallest absolute Gasteiger partial charge is 0.188 e. The lowest BCUT2D eigenvalue weighted by Crippen LogP contribution is -2.34. The number of guanidine groups is 1. The summed E-state index contributed by atoms with van der Waals surface area (Å²) in [5.74, 6) is 1.42. The minimum atomic E-state index is 0.426. The molecule has 0 aliphatic rings. The first-order valence-corrected chi connectivity index (χ1v) is 6.93. The minimum Gasteiger partial charge on any atom is -0.383 e. The summed E-state index contributed by atoms with van der Waals surface area (Å²) < 4.78 is 4.92. The van der Waals surface area contributed by atoms with Crippen LogP contribution >= 0.6 is 0 Å². The van der Waals surface area contributed by atoms with Gasteiger partial charge in [-0.1, -0.05) is 6.07 Å². The summed E-state index contributed by atoms with van der Waals surface area (Å²) in [6.07, 6.45) is 1.85. The Labute approximate surface area is 121 Å². The Morgan fingerprint density at radius 2 is 2.15 bits per heavy atom. The zero-order chi connectivity index (χ0) is 14.8. The number of rotatable bonds is 8. The molecular formula is C14H25N5O. The molecule has 1 aromatic rings. The maximum Gasteiger partial charge on any atom is 0.188 e. The lowest BCUT2D eigenvalue weighted by Gasteiger charge is -2.19. The molecule has 1 heterocycles. The molecule has 0 aliphatic carbocycles.